The molecule has 4 rings (SSSR count). The molecular weight excluding hydrogens is 512 g/mol. The van der Waals surface area contributed by atoms with Crippen LogP contribution < -0.4 is 4.74 Å². The highest BCUT2D eigenvalue weighted by molar-refractivity contribution is 5.99. The van der Waals surface area contributed by atoms with E-state index in [0.717, 1.165) is 11.6 Å². The number of ether oxygens (including phenoxy) is 3. The molecule has 0 spiro atoms. The van der Waals surface area contributed by atoms with Crippen LogP contribution in [0.3, 0.4) is 0 Å². The van der Waals surface area contributed by atoms with Gasteiger partial charge in [0.2, 0.25) is 6.29 Å². The lowest BCUT2D eigenvalue weighted by molar-refractivity contribution is -0.276. The smallest absolute Gasteiger partial charge is 0.338 e. The summed E-state index contributed by atoms with van der Waals surface area (Å²) >= 11 is 0. The second kappa shape index (κ2) is 12.1. The standard InChI is InChI=1S/C28H28O11/c29-14-23-24(34)26(39-27(36)16-4-8-18(31)9-5-16)25(35)28(38-23)37-22-13-19(32)10-11-20(22)21(33)12-3-15-1-6-17(30)7-2-15/h1-2,4-11,13,23-26,28-32,34-35H,3,12,14H2. The molecule has 6 N–H and O–H groups in total. The number of ketones is 1. The summed E-state index contributed by atoms with van der Waals surface area (Å²) in [5.74, 6) is -1.61. The number of hydrogen-bond donors (Lipinski definition) is 6. The summed E-state index contributed by atoms with van der Waals surface area (Å²) in [6.07, 6.45) is -7.47. The van der Waals surface area contributed by atoms with E-state index >= 15 is 0 Å². The van der Waals surface area contributed by atoms with Crippen LogP contribution >= 0.6 is 0 Å². The molecular formula is C28H28O11. The lowest BCUT2D eigenvalue weighted by Gasteiger charge is -2.41. The fourth-order valence-corrected chi connectivity index (χ4v) is 4.10. The van der Waals surface area contributed by atoms with Gasteiger partial charge < -0.3 is 44.8 Å². The van der Waals surface area contributed by atoms with Crippen molar-refractivity contribution in [3.05, 3.63) is 83.4 Å². The average Bonchev–Trinajstić information content (AvgIpc) is 2.92. The summed E-state index contributed by atoms with van der Waals surface area (Å²) < 4.78 is 16.6. The van der Waals surface area contributed by atoms with Crippen LogP contribution in [0, 0.1) is 0 Å². The Labute approximate surface area is 223 Å². The van der Waals surface area contributed by atoms with Gasteiger partial charge in [-0.2, -0.15) is 0 Å². The van der Waals surface area contributed by atoms with E-state index in [4.69, 9.17) is 14.2 Å². The SMILES string of the molecule is O=C(OC1C(O)C(CO)OC(Oc2cc(O)ccc2C(=O)CCc2ccc(O)cc2)C1O)c1ccc(O)cc1. The lowest BCUT2D eigenvalue weighted by atomic mass is 9.98. The molecule has 0 saturated carbocycles. The molecule has 3 aromatic rings. The Balaban J connectivity index is 1.52. The van der Waals surface area contributed by atoms with Gasteiger partial charge >= 0.3 is 5.97 Å². The number of Topliss-reactive ketones (excluding diaryl/α,β-unsaturated/α-hetero) is 1. The van der Waals surface area contributed by atoms with Gasteiger partial charge in [0.25, 0.3) is 0 Å². The molecule has 11 heteroatoms. The van der Waals surface area contributed by atoms with E-state index in [-0.39, 0.29) is 46.3 Å². The van der Waals surface area contributed by atoms with Crippen molar-refractivity contribution in [2.75, 3.05) is 6.61 Å². The molecule has 1 fully saturated rings. The van der Waals surface area contributed by atoms with E-state index in [0.29, 0.717) is 6.42 Å². The van der Waals surface area contributed by atoms with Gasteiger partial charge in [0.15, 0.2) is 18.0 Å². The minimum absolute atomic E-state index is 0.0335. The molecule has 5 atom stereocenters. The zero-order chi connectivity index (χ0) is 28.1. The van der Waals surface area contributed by atoms with Gasteiger partial charge in [-0.1, -0.05) is 12.1 Å². The summed E-state index contributed by atoms with van der Waals surface area (Å²) in [5, 5.41) is 60.1. The predicted molar refractivity (Wildman–Crippen MR) is 135 cm³/mol. The summed E-state index contributed by atoms with van der Waals surface area (Å²) in [7, 11) is 0. The van der Waals surface area contributed by atoms with Crippen LogP contribution in [0.2, 0.25) is 0 Å². The zero-order valence-electron chi connectivity index (χ0n) is 20.6. The first-order chi connectivity index (χ1) is 18.7. The van der Waals surface area contributed by atoms with E-state index in [1.54, 1.807) is 12.1 Å². The molecule has 1 heterocycles. The summed E-state index contributed by atoms with van der Waals surface area (Å²) in [4.78, 5) is 25.6. The lowest BCUT2D eigenvalue weighted by Crippen LogP contribution is -2.61. The molecule has 1 aliphatic heterocycles. The monoisotopic (exact) mass is 540 g/mol. The number of carbonyl (C=O) groups excluding carboxylic acids is 2. The Hall–Kier alpha value is -4.16. The molecule has 0 amide bonds. The van der Waals surface area contributed by atoms with Gasteiger partial charge in [0, 0.05) is 12.5 Å². The van der Waals surface area contributed by atoms with E-state index < -0.39 is 43.3 Å². The van der Waals surface area contributed by atoms with Crippen molar-refractivity contribution in [3.63, 3.8) is 0 Å². The number of phenols is 3. The number of aliphatic hydroxyl groups excluding tert-OH is 3. The average molecular weight is 541 g/mol. The summed E-state index contributed by atoms with van der Waals surface area (Å²) in [6, 6.07) is 15.3. The summed E-state index contributed by atoms with van der Waals surface area (Å²) in [5.41, 5.74) is 0.921. The molecule has 3 aromatic carbocycles. The minimum Gasteiger partial charge on any atom is -0.508 e. The van der Waals surface area contributed by atoms with Crippen LogP contribution in [0.4, 0.5) is 0 Å². The number of phenolic OH excluding ortho intramolecular Hbond substituents is 3. The van der Waals surface area contributed by atoms with E-state index in [1.165, 1.54) is 48.5 Å². The molecule has 0 radical (unpaired) electrons. The van der Waals surface area contributed by atoms with Crippen LogP contribution in [-0.4, -0.2) is 79.7 Å². The van der Waals surface area contributed by atoms with Crippen molar-refractivity contribution < 1.29 is 54.4 Å². The van der Waals surface area contributed by atoms with Crippen molar-refractivity contribution in [2.24, 2.45) is 0 Å². The first-order valence-electron chi connectivity index (χ1n) is 12.1. The van der Waals surface area contributed by atoms with Crippen LogP contribution in [0.5, 0.6) is 23.0 Å². The maximum atomic E-state index is 13.0. The van der Waals surface area contributed by atoms with Crippen LogP contribution in [-0.2, 0) is 15.9 Å². The van der Waals surface area contributed by atoms with Crippen LogP contribution in [0.1, 0.15) is 32.7 Å². The number of hydrogen-bond acceptors (Lipinski definition) is 11. The predicted octanol–water partition coefficient (Wildman–Crippen LogP) is 1.66. The van der Waals surface area contributed by atoms with Crippen LogP contribution in [0.15, 0.2) is 66.7 Å². The van der Waals surface area contributed by atoms with Crippen molar-refractivity contribution in [3.8, 4) is 23.0 Å². The number of esters is 1. The van der Waals surface area contributed by atoms with Gasteiger partial charge in [-0.15, -0.1) is 0 Å². The number of rotatable bonds is 9. The van der Waals surface area contributed by atoms with Crippen molar-refractivity contribution in [1.82, 2.24) is 0 Å². The van der Waals surface area contributed by atoms with Gasteiger partial charge in [-0.3, -0.25) is 4.79 Å². The molecule has 206 valence electrons. The third kappa shape index (κ3) is 6.65. The Morgan fingerprint density at radius 2 is 1.44 bits per heavy atom. The third-order valence-corrected chi connectivity index (χ3v) is 6.25. The minimum atomic E-state index is -1.76. The summed E-state index contributed by atoms with van der Waals surface area (Å²) in [6.45, 7) is -0.709. The van der Waals surface area contributed by atoms with Gasteiger partial charge in [0.1, 0.15) is 35.2 Å². The zero-order valence-corrected chi connectivity index (χ0v) is 20.6. The number of aliphatic hydroxyl groups is 3. The molecule has 0 aromatic heterocycles. The Morgan fingerprint density at radius 3 is 2.08 bits per heavy atom. The first-order valence-corrected chi connectivity index (χ1v) is 12.1. The largest absolute Gasteiger partial charge is 0.508 e. The van der Waals surface area contributed by atoms with Crippen molar-refractivity contribution in [2.45, 2.75) is 43.5 Å². The van der Waals surface area contributed by atoms with E-state index in [1.807, 2.05) is 0 Å². The van der Waals surface area contributed by atoms with Crippen molar-refractivity contribution in [1.29, 1.82) is 0 Å². The molecule has 0 aliphatic carbocycles. The fraction of sp³-hybridized carbons (Fsp3) is 0.286. The van der Waals surface area contributed by atoms with Gasteiger partial charge in [0.05, 0.1) is 17.7 Å². The maximum absolute atomic E-state index is 13.0. The Morgan fingerprint density at radius 1 is 0.821 bits per heavy atom. The Bertz CT molecular complexity index is 1290. The number of aromatic hydroxyl groups is 3. The highest BCUT2D eigenvalue weighted by Crippen LogP contribution is 2.31. The number of aryl methyl sites for hydroxylation is 1. The molecule has 5 unspecified atom stereocenters. The topological polar surface area (TPSA) is 183 Å². The van der Waals surface area contributed by atoms with E-state index in [9.17, 15) is 40.2 Å². The second-order valence-electron chi connectivity index (χ2n) is 9.01. The van der Waals surface area contributed by atoms with Gasteiger partial charge in [-0.05, 0) is 60.5 Å². The molecule has 39 heavy (non-hydrogen) atoms. The maximum Gasteiger partial charge on any atom is 0.338 e. The molecule has 11 nitrogen and oxygen atoms in total. The molecule has 0 bridgehead atoms. The normalized spacial score (nSPS) is 22.7. The fourth-order valence-electron chi connectivity index (χ4n) is 4.10. The third-order valence-electron chi connectivity index (χ3n) is 6.25. The van der Waals surface area contributed by atoms with Crippen LogP contribution in [0.25, 0.3) is 0 Å². The van der Waals surface area contributed by atoms with E-state index in [2.05, 4.69) is 0 Å². The van der Waals surface area contributed by atoms with Gasteiger partial charge in [-0.25, -0.2) is 4.79 Å². The number of carbonyl (C=O) groups is 2. The Kier molecular flexibility index (Phi) is 8.67. The second-order valence-corrected chi connectivity index (χ2v) is 9.01. The molecule has 1 saturated heterocycles. The highest BCUT2D eigenvalue weighted by Gasteiger charge is 2.48. The number of benzene rings is 3. The molecule has 1 aliphatic rings. The highest BCUT2D eigenvalue weighted by atomic mass is 16.7. The quantitative estimate of drug-likeness (QED) is 0.171. The first kappa shape index (κ1) is 27.9. The van der Waals surface area contributed by atoms with Crippen molar-refractivity contribution >= 4 is 11.8 Å².